The van der Waals surface area contributed by atoms with Crippen LogP contribution >= 0.6 is 0 Å². The Labute approximate surface area is 81.6 Å². The molecule has 0 saturated heterocycles. The molecule has 2 nitrogen and oxygen atoms in total. The van der Waals surface area contributed by atoms with Crippen molar-refractivity contribution in [2.24, 2.45) is 5.92 Å². The van der Waals surface area contributed by atoms with Crippen molar-refractivity contribution in [3.63, 3.8) is 0 Å². The predicted molar refractivity (Wildman–Crippen MR) is 55.5 cm³/mol. The molecule has 0 N–H and O–H groups in total. The number of rotatable bonds is 5. The van der Waals surface area contributed by atoms with Crippen LogP contribution in [-0.4, -0.2) is 19.9 Å². The van der Waals surface area contributed by atoms with Crippen molar-refractivity contribution in [1.82, 2.24) is 0 Å². The average molecular weight is 204 g/mol. The molecule has 1 aliphatic rings. The van der Waals surface area contributed by atoms with Crippen molar-refractivity contribution < 1.29 is 8.42 Å². The SMILES string of the molecule is CCCCS(=O)(=O)CC1CCCC1. The van der Waals surface area contributed by atoms with Crippen LogP contribution in [0.5, 0.6) is 0 Å². The van der Waals surface area contributed by atoms with E-state index in [1.165, 1.54) is 12.8 Å². The topological polar surface area (TPSA) is 34.1 Å². The van der Waals surface area contributed by atoms with Gasteiger partial charge in [0.2, 0.25) is 0 Å². The fourth-order valence-corrected chi connectivity index (χ4v) is 3.93. The van der Waals surface area contributed by atoms with Gasteiger partial charge in [0.05, 0.1) is 11.5 Å². The maximum atomic E-state index is 11.5. The lowest BCUT2D eigenvalue weighted by Gasteiger charge is -2.08. The van der Waals surface area contributed by atoms with Gasteiger partial charge in [-0.25, -0.2) is 8.42 Å². The minimum absolute atomic E-state index is 0.403. The first-order valence-corrected chi connectivity index (χ1v) is 7.16. The zero-order chi connectivity index (χ0) is 9.73. The van der Waals surface area contributed by atoms with E-state index in [1.807, 2.05) is 6.92 Å². The van der Waals surface area contributed by atoms with Crippen LogP contribution in [0.3, 0.4) is 0 Å². The molecule has 3 heteroatoms. The van der Waals surface area contributed by atoms with Crippen molar-refractivity contribution in [2.45, 2.75) is 45.4 Å². The van der Waals surface area contributed by atoms with Gasteiger partial charge in [0.15, 0.2) is 9.84 Å². The second-order valence-corrected chi connectivity index (χ2v) is 6.35. The molecular formula is C10H20O2S. The van der Waals surface area contributed by atoms with Crippen LogP contribution < -0.4 is 0 Å². The van der Waals surface area contributed by atoms with Crippen molar-refractivity contribution in [1.29, 1.82) is 0 Å². The molecule has 1 fully saturated rings. The first kappa shape index (κ1) is 11.0. The molecule has 0 unspecified atom stereocenters. The maximum Gasteiger partial charge on any atom is 0.150 e. The minimum atomic E-state index is -2.73. The smallest absolute Gasteiger partial charge is 0.150 e. The quantitative estimate of drug-likeness (QED) is 0.689. The zero-order valence-corrected chi connectivity index (χ0v) is 9.28. The average Bonchev–Trinajstić information content (AvgIpc) is 2.52. The molecule has 0 radical (unpaired) electrons. The van der Waals surface area contributed by atoms with Gasteiger partial charge in [0, 0.05) is 0 Å². The van der Waals surface area contributed by atoms with Gasteiger partial charge in [-0.3, -0.25) is 0 Å². The molecule has 1 aliphatic carbocycles. The Morgan fingerprint density at radius 2 is 1.85 bits per heavy atom. The lowest BCUT2D eigenvalue weighted by atomic mass is 10.1. The molecule has 0 aliphatic heterocycles. The van der Waals surface area contributed by atoms with Crippen LogP contribution in [0.15, 0.2) is 0 Å². The molecule has 13 heavy (non-hydrogen) atoms. The second-order valence-electron chi connectivity index (χ2n) is 4.12. The van der Waals surface area contributed by atoms with Crippen LogP contribution in [0.2, 0.25) is 0 Å². The Morgan fingerprint density at radius 3 is 2.38 bits per heavy atom. The molecule has 0 atom stereocenters. The molecule has 0 spiro atoms. The molecule has 78 valence electrons. The van der Waals surface area contributed by atoms with Crippen LogP contribution in [0.25, 0.3) is 0 Å². The molecule has 0 amide bonds. The number of hydrogen-bond acceptors (Lipinski definition) is 2. The second kappa shape index (κ2) is 4.99. The van der Waals surface area contributed by atoms with E-state index in [9.17, 15) is 8.42 Å². The first-order valence-electron chi connectivity index (χ1n) is 5.34. The maximum absolute atomic E-state index is 11.5. The van der Waals surface area contributed by atoms with E-state index >= 15 is 0 Å². The van der Waals surface area contributed by atoms with E-state index in [0.29, 0.717) is 17.4 Å². The molecule has 0 aromatic rings. The van der Waals surface area contributed by atoms with Gasteiger partial charge in [-0.2, -0.15) is 0 Å². The number of hydrogen-bond donors (Lipinski definition) is 0. The third kappa shape index (κ3) is 4.12. The Hall–Kier alpha value is -0.0500. The van der Waals surface area contributed by atoms with E-state index in [-0.39, 0.29) is 0 Å². The van der Waals surface area contributed by atoms with Crippen LogP contribution in [0, 0.1) is 5.92 Å². The highest BCUT2D eigenvalue weighted by Gasteiger charge is 2.21. The molecular weight excluding hydrogens is 184 g/mol. The zero-order valence-electron chi connectivity index (χ0n) is 8.46. The summed E-state index contributed by atoms with van der Waals surface area (Å²) in [6, 6.07) is 0. The van der Waals surface area contributed by atoms with Crippen LogP contribution in [-0.2, 0) is 9.84 Å². The summed E-state index contributed by atoms with van der Waals surface area (Å²) in [6.45, 7) is 2.03. The predicted octanol–water partition coefficient (Wildman–Crippen LogP) is 2.39. The summed E-state index contributed by atoms with van der Waals surface area (Å²) in [7, 11) is -2.73. The van der Waals surface area contributed by atoms with Gasteiger partial charge in [0.25, 0.3) is 0 Å². The summed E-state index contributed by atoms with van der Waals surface area (Å²) in [5.74, 6) is 1.33. The van der Waals surface area contributed by atoms with Gasteiger partial charge in [-0.1, -0.05) is 26.2 Å². The molecule has 0 heterocycles. The monoisotopic (exact) mass is 204 g/mol. The summed E-state index contributed by atoms with van der Waals surface area (Å²) >= 11 is 0. The fourth-order valence-electron chi connectivity index (χ4n) is 1.98. The standard InChI is InChI=1S/C10H20O2S/c1-2-3-8-13(11,12)9-10-6-4-5-7-10/h10H,2-9H2,1H3. The lowest BCUT2D eigenvalue weighted by molar-refractivity contribution is 0.556. The van der Waals surface area contributed by atoms with E-state index < -0.39 is 9.84 Å². The largest absolute Gasteiger partial charge is 0.229 e. The van der Waals surface area contributed by atoms with Gasteiger partial charge < -0.3 is 0 Å². The summed E-state index contributed by atoms with van der Waals surface area (Å²) in [4.78, 5) is 0. The van der Waals surface area contributed by atoms with Crippen LogP contribution in [0.1, 0.15) is 45.4 Å². The fraction of sp³-hybridized carbons (Fsp3) is 1.00. The van der Waals surface area contributed by atoms with Gasteiger partial charge in [-0.15, -0.1) is 0 Å². The molecule has 1 saturated carbocycles. The van der Waals surface area contributed by atoms with E-state index in [4.69, 9.17) is 0 Å². The summed E-state index contributed by atoms with van der Waals surface area (Å²) in [6.07, 6.45) is 6.53. The highest BCUT2D eigenvalue weighted by Crippen LogP contribution is 2.26. The molecule has 1 rings (SSSR count). The Balaban J connectivity index is 2.32. The summed E-state index contributed by atoms with van der Waals surface area (Å²) < 4.78 is 23.1. The molecule has 0 aromatic heterocycles. The first-order chi connectivity index (χ1) is 6.14. The third-order valence-corrected chi connectivity index (χ3v) is 4.66. The van der Waals surface area contributed by atoms with Crippen LogP contribution in [0.4, 0.5) is 0 Å². The highest BCUT2D eigenvalue weighted by atomic mass is 32.2. The Morgan fingerprint density at radius 1 is 1.23 bits per heavy atom. The van der Waals surface area contributed by atoms with Crippen molar-refractivity contribution >= 4 is 9.84 Å². The Bertz CT molecular complexity index is 225. The van der Waals surface area contributed by atoms with E-state index in [0.717, 1.165) is 25.7 Å². The van der Waals surface area contributed by atoms with Crippen molar-refractivity contribution in [2.75, 3.05) is 11.5 Å². The van der Waals surface area contributed by atoms with Gasteiger partial charge in [0.1, 0.15) is 0 Å². The summed E-state index contributed by atoms with van der Waals surface area (Å²) in [5, 5.41) is 0. The lowest BCUT2D eigenvalue weighted by Crippen LogP contribution is -2.16. The molecule has 0 aromatic carbocycles. The normalized spacial score (nSPS) is 19.5. The van der Waals surface area contributed by atoms with Gasteiger partial charge in [-0.05, 0) is 25.2 Å². The summed E-state index contributed by atoms with van der Waals surface area (Å²) in [5.41, 5.74) is 0. The molecule has 0 bridgehead atoms. The third-order valence-electron chi connectivity index (χ3n) is 2.77. The number of unbranched alkanes of at least 4 members (excludes halogenated alkanes) is 1. The van der Waals surface area contributed by atoms with E-state index in [1.54, 1.807) is 0 Å². The number of sulfone groups is 1. The van der Waals surface area contributed by atoms with E-state index in [2.05, 4.69) is 0 Å². The minimum Gasteiger partial charge on any atom is -0.229 e. The highest BCUT2D eigenvalue weighted by molar-refractivity contribution is 7.91. The van der Waals surface area contributed by atoms with Crippen molar-refractivity contribution in [3.05, 3.63) is 0 Å². The van der Waals surface area contributed by atoms with Gasteiger partial charge >= 0.3 is 0 Å². The van der Waals surface area contributed by atoms with Crippen molar-refractivity contribution in [3.8, 4) is 0 Å². The Kier molecular flexibility index (Phi) is 4.23.